The molecule has 8 heteroatoms. The normalized spacial score (nSPS) is 17.3. The van der Waals surface area contributed by atoms with Crippen molar-refractivity contribution in [3.63, 3.8) is 0 Å². The molecule has 130 valence electrons. The fourth-order valence-corrected chi connectivity index (χ4v) is 3.32. The third-order valence-electron chi connectivity index (χ3n) is 3.92. The lowest BCUT2D eigenvalue weighted by atomic mass is 9.94. The van der Waals surface area contributed by atoms with E-state index in [4.69, 9.17) is 0 Å². The van der Waals surface area contributed by atoms with Crippen molar-refractivity contribution in [2.75, 3.05) is 32.4 Å². The van der Waals surface area contributed by atoms with Crippen molar-refractivity contribution in [1.29, 1.82) is 0 Å². The highest BCUT2D eigenvalue weighted by Gasteiger charge is 2.21. The Labute approximate surface area is 144 Å². The summed E-state index contributed by atoms with van der Waals surface area (Å²) >= 11 is 0. The largest absolute Gasteiger partial charge is 0.353 e. The topological polar surface area (TPSA) is 78.5 Å². The number of hydrogen-bond acceptors (Lipinski definition) is 4. The van der Waals surface area contributed by atoms with Crippen LogP contribution in [0.5, 0.6) is 0 Å². The molecule has 1 aliphatic heterocycles. The van der Waals surface area contributed by atoms with Gasteiger partial charge in [0.25, 0.3) is 0 Å². The van der Waals surface area contributed by atoms with Crippen LogP contribution in [0.3, 0.4) is 0 Å². The highest BCUT2D eigenvalue weighted by Crippen LogP contribution is 2.21. The lowest BCUT2D eigenvalue weighted by molar-refractivity contribution is -0.121. The molecule has 2 rings (SSSR count). The number of halogens is 1. The minimum atomic E-state index is -3.33. The maximum absolute atomic E-state index is 11.9. The van der Waals surface area contributed by atoms with E-state index in [1.165, 1.54) is 18.2 Å². The Bertz CT molecular complexity index is 637. The molecule has 0 spiro atoms. The number of benzene rings is 1. The van der Waals surface area contributed by atoms with E-state index in [2.05, 4.69) is 22.8 Å². The number of carbonyl (C=O) groups excluding carboxylic acids is 1. The van der Waals surface area contributed by atoms with Gasteiger partial charge in [0.2, 0.25) is 15.9 Å². The van der Waals surface area contributed by atoms with Crippen molar-refractivity contribution in [2.24, 2.45) is 0 Å². The summed E-state index contributed by atoms with van der Waals surface area (Å²) < 4.78 is 24.4. The van der Waals surface area contributed by atoms with Crippen molar-refractivity contribution in [3.8, 4) is 0 Å². The summed E-state index contributed by atoms with van der Waals surface area (Å²) in [4.78, 5) is 11.9. The van der Waals surface area contributed by atoms with Gasteiger partial charge < -0.3 is 10.6 Å². The van der Waals surface area contributed by atoms with Crippen LogP contribution in [0.2, 0.25) is 0 Å². The molecular formula is C15H24ClN3O3S. The van der Waals surface area contributed by atoms with Gasteiger partial charge in [0.15, 0.2) is 0 Å². The first-order chi connectivity index (χ1) is 10.4. The Hall–Kier alpha value is -1.15. The van der Waals surface area contributed by atoms with E-state index in [1.807, 2.05) is 12.1 Å². The van der Waals surface area contributed by atoms with Crippen LogP contribution in [0.1, 0.15) is 24.1 Å². The molecule has 1 aromatic rings. The molecule has 2 N–H and O–H groups in total. The molecule has 0 fully saturated rings. The lowest BCUT2D eigenvalue weighted by Crippen LogP contribution is -2.43. The van der Waals surface area contributed by atoms with Gasteiger partial charge in [-0.05, 0) is 31.0 Å². The number of likely N-dealkylation sites (N-methyl/N-ethyl adjacent to an activating group) is 1. The second-order valence-corrected chi connectivity index (χ2v) is 7.78. The highest BCUT2D eigenvalue weighted by atomic mass is 35.5. The Balaban J connectivity index is 0.00000264. The van der Waals surface area contributed by atoms with Gasteiger partial charge in [0.1, 0.15) is 0 Å². The molecule has 1 amide bonds. The molecule has 1 unspecified atom stereocenters. The van der Waals surface area contributed by atoms with Gasteiger partial charge in [-0.3, -0.25) is 4.79 Å². The monoisotopic (exact) mass is 361 g/mol. The van der Waals surface area contributed by atoms with Gasteiger partial charge in [0, 0.05) is 19.6 Å². The van der Waals surface area contributed by atoms with Crippen molar-refractivity contribution in [1.82, 2.24) is 14.9 Å². The SMILES string of the molecule is CCS(=O)(=O)N(C)CC(=O)NCC1NCCc2ccccc21.Cl. The second-order valence-electron chi connectivity index (χ2n) is 5.42. The van der Waals surface area contributed by atoms with Crippen molar-refractivity contribution < 1.29 is 13.2 Å². The zero-order valence-electron chi connectivity index (χ0n) is 13.4. The first-order valence-corrected chi connectivity index (χ1v) is 9.07. The van der Waals surface area contributed by atoms with E-state index in [0.717, 1.165) is 17.3 Å². The molecule has 1 atom stereocenters. The van der Waals surface area contributed by atoms with E-state index in [9.17, 15) is 13.2 Å². The standard InChI is InChI=1S/C15H23N3O3S.ClH/c1-3-22(20,21)18(2)11-15(19)17-10-14-13-7-5-4-6-12(13)8-9-16-14;/h4-7,14,16H,3,8-11H2,1-2H3,(H,17,19);1H. The summed E-state index contributed by atoms with van der Waals surface area (Å²) in [5.74, 6) is -0.293. The Morgan fingerprint density at radius 2 is 2.09 bits per heavy atom. The second kappa shape index (κ2) is 8.63. The molecule has 0 bridgehead atoms. The molecule has 0 aliphatic carbocycles. The molecule has 0 saturated carbocycles. The van der Waals surface area contributed by atoms with Gasteiger partial charge in [-0.1, -0.05) is 24.3 Å². The maximum Gasteiger partial charge on any atom is 0.235 e. The third-order valence-corrected chi connectivity index (χ3v) is 5.73. The smallest absolute Gasteiger partial charge is 0.235 e. The van der Waals surface area contributed by atoms with Crippen molar-refractivity contribution >= 4 is 28.3 Å². The fraction of sp³-hybridized carbons (Fsp3) is 0.533. The van der Waals surface area contributed by atoms with Gasteiger partial charge in [-0.25, -0.2) is 8.42 Å². The zero-order chi connectivity index (χ0) is 16.2. The van der Waals surface area contributed by atoms with Crippen LogP contribution in [0.4, 0.5) is 0 Å². The summed E-state index contributed by atoms with van der Waals surface area (Å²) in [5.41, 5.74) is 2.50. The Morgan fingerprint density at radius 3 is 2.78 bits per heavy atom. The van der Waals surface area contributed by atoms with E-state index >= 15 is 0 Å². The summed E-state index contributed by atoms with van der Waals surface area (Å²) in [7, 11) is -1.91. The Kier molecular flexibility index (Phi) is 7.47. The average molecular weight is 362 g/mol. The zero-order valence-corrected chi connectivity index (χ0v) is 15.0. The predicted molar refractivity (Wildman–Crippen MR) is 93.2 cm³/mol. The predicted octanol–water partition coefficient (Wildman–Crippen LogP) is 0.693. The molecule has 0 saturated heterocycles. The first kappa shape index (κ1) is 19.9. The molecule has 1 aromatic carbocycles. The van der Waals surface area contributed by atoms with Crippen LogP contribution in [0, 0.1) is 0 Å². The van der Waals surface area contributed by atoms with E-state index in [0.29, 0.717) is 6.54 Å². The van der Waals surface area contributed by atoms with Crippen molar-refractivity contribution in [3.05, 3.63) is 35.4 Å². The lowest BCUT2D eigenvalue weighted by Gasteiger charge is -2.27. The summed E-state index contributed by atoms with van der Waals surface area (Å²) in [6.07, 6.45) is 0.984. The third kappa shape index (κ3) is 5.17. The van der Waals surface area contributed by atoms with Crippen LogP contribution >= 0.6 is 12.4 Å². The number of amides is 1. The number of carbonyl (C=O) groups is 1. The van der Waals surface area contributed by atoms with Crippen LogP contribution < -0.4 is 10.6 Å². The molecule has 0 aromatic heterocycles. The van der Waals surface area contributed by atoms with Crippen LogP contribution in [-0.2, 0) is 21.2 Å². The molecule has 23 heavy (non-hydrogen) atoms. The number of nitrogens with zero attached hydrogens (tertiary/aromatic N) is 1. The minimum Gasteiger partial charge on any atom is -0.353 e. The Morgan fingerprint density at radius 1 is 1.39 bits per heavy atom. The quantitative estimate of drug-likeness (QED) is 0.781. The number of fused-ring (bicyclic) bond motifs is 1. The van der Waals surface area contributed by atoms with Crippen molar-refractivity contribution in [2.45, 2.75) is 19.4 Å². The summed E-state index contributed by atoms with van der Waals surface area (Å²) in [6.45, 7) is 2.74. The molecule has 1 heterocycles. The number of sulfonamides is 1. The molecule has 0 radical (unpaired) electrons. The molecular weight excluding hydrogens is 338 g/mol. The van der Waals surface area contributed by atoms with Crippen LogP contribution in [-0.4, -0.2) is 51.1 Å². The maximum atomic E-state index is 11.9. The molecule has 1 aliphatic rings. The number of nitrogens with one attached hydrogen (secondary N) is 2. The number of rotatable bonds is 6. The fourth-order valence-electron chi connectivity index (χ4n) is 2.57. The minimum absolute atomic E-state index is 0. The van der Waals surface area contributed by atoms with E-state index < -0.39 is 10.0 Å². The van der Waals surface area contributed by atoms with E-state index in [-0.39, 0.29) is 36.7 Å². The van der Waals surface area contributed by atoms with Crippen LogP contribution in [0.25, 0.3) is 0 Å². The van der Waals surface area contributed by atoms with E-state index in [1.54, 1.807) is 6.92 Å². The number of hydrogen-bond donors (Lipinski definition) is 2. The highest BCUT2D eigenvalue weighted by molar-refractivity contribution is 7.89. The summed E-state index contributed by atoms with van der Waals surface area (Å²) in [6, 6.07) is 8.24. The van der Waals surface area contributed by atoms with Gasteiger partial charge >= 0.3 is 0 Å². The average Bonchev–Trinajstić information content (AvgIpc) is 2.52. The van der Waals surface area contributed by atoms with Crippen LogP contribution in [0.15, 0.2) is 24.3 Å². The molecule has 6 nitrogen and oxygen atoms in total. The summed E-state index contributed by atoms with van der Waals surface area (Å²) in [5, 5.41) is 6.19. The van der Waals surface area contributed by atoms with Gasteiger partial charge in [0.05, 0.1) is 12.3 Å². The van der Waals surface area contributed by atoms with Gasteiger partial charge in [-0.15, -0.1) is 12.4 Å². The van der Waals surface area contributed by atoms with Gasteiger partial charge in [-0.2, -0.15) is 4.31 Å². The first-order valence-electron chi connectivity index (χ1n) is 7.46.